The number of ether oxygens (including phenoxy) is 9. The van der Waals surface area contributed by atoms with Gasteiger partial charge in [-0.3, -0.25) is 0 Å². The van der Waals surface area contributed by atoms with Crippen molar-refractivity contribution in [3.63, 3.8) is 0 Å². The van der Waals surface area contributed by atoms with Crippen molar-refractivity contribution >= 4 is 0 Å². The molecule has 6 rings (SSSR count). The van der Waals surface area contributed by atoms with E-state index in [0.717, 1.165) is 5.56 Å². The van der Waals surface area contributed by atoms with Gasteiger partial charge in [0.25, 0.3) is 0 Å². The van der Waals surface area contributed by atoms with Gasteiger partial charge in [-0.15, -0.1) is 0 Å². The van der Waals surface area contributed by atoms with Crippen LogP contribution < -0.4 is 33.2 Å². The second-order valence-electron chi connectivity index (χ2n) is 7.92. The fourth-order valence-corrected chi connectivity index (χ4v) is 4.57. The van der Waals surface area contributed by atoms with E-state index in [1.54, 1.807) is 25.3 Å². The van der Waals surface area contributed by atoms with Gasteiger partial charge in [-0.05, 0) is 6.07 Å². The number of aliphatic hydroxyl groups is 1. The lowest BCUT2D eigenvalue weighted by atomic mass is 9.85. The fourth-order valence-electron chi connectivity index (χ4n) is 4.57. The van der Waals surface area contributed by atoms with Crippen LogP contribution in [0.25, 0.3) is 0 Å². The molecule has 2 saturated heterocycles. The quantitative estimate of drug-likeness (QED) is 0.734. The summed E-state index contributed by atoms with van der Waals surface area (Å²) in [6.07, 6.45) is -1.44. The molecule has 0 aliphatic carbocycles. The highest BCUT2D eigenvalue weighted by Gasteiger charge is 2.61. The first-order valence-electron chi connectivity index (χ1n) is 10.2. The topological polar surface area (TPSA) is 103 Å². The van der Waals surface area contributed by atoms with E-state index in [9.17, 15) is 5.11 Å². The van der Waals surface area contributed by atoms with Crippen molar-refractivity contribution in [1.82, 2.24) is 0 Å². The Bertz CT molecular complexity index is 1060. The number of fused-ring (bicyclic) bond motifs is 3. The third-order valence-corrected chi connectivity index (χ3v) is 6.26. The molecule has 2 fully saturated rings. The molecule has 4 aliphatic heterocycles. The molecule has 4 aliphatic rings. The predicted molar refractivity (Wildman–Crippen MR) is 106 cm³/mol. The molecule has 170 valence electrons. The third kappa shape index (κ3) is 2.83. The standard InChI is InChI=1S/C22H22O10/c1-24-13-4-16-15(28-9-29-16)3-11(13)20-12-7-26-21(22(12,23)8-27-20)32-19-6-18-17(30-10-31-18)5-14(19)25-2/h3-6,12,20-21,23H,7-10H2,1-2H3/t12-,20-,21+,22-/m1/s1. The lowest BCUT2D eigenvalue weighted by Crippen LogP contribution is -2.47. The van der Waals surface area contributed by atoms with E-state index in [2.05, 4.69) is 0 Å². The monoisotopic (exact) mass is 446 g/mol. The lowest BCUT2D eigenvalue weighted by molar-refractivity contribution is -0.152. The van der Waals surface area contributed by atoms with Crippen molar-refractivity contribution in [2.45, 2.75) is 18.0 Å². The lowest BCUT2D eigenvalue weighted by Gasteiger charge is -2.27. The minimum absolute atomic E-state index is 0.0253. The van der Waals surface area contributed by atoms with Crippen LogP contribution in [0.1, 0.15) is 11.7 Å². The summed E-state index contributed by atoms with van der Waals surface area (Å²) >= 11 is 0. The first kappa shape index (κ1) is 19.6. The van der Waals surface area contributed by atoms with Crippen molar-refractivity contribution in [3.8, 4) is 40.2 Å². The normalized spacial score (nSPS) is 29.2. The Morgan fingerprint density at radius 2 is 1.41 bits per heavy atom. The van der Waals surface area contributed by atoms with Crippen molar-refractivity contribution < 1.29 is 47.7 Å². The van der Waals surface area contributed by atoms with Crippen LogP contribution in [0.2, 0.25) is 0 Å². The zero-order valence-corrected chi connectivity index (χ0v) is 17.5. The zero-order chi connectivity index (χ0) is 21.9. The Morgan fingerprint density at radius 3 is 2.06 bits per heavy atom. The van der Waals surface area contributed by atoms with Gasteiger partial charge in [0.15, 0.2) is 40.1 Å². The van der Waals surface area contributed by atoms with Gasteiger partial charge in [0.1, 0.15) is 5.75 Å². The second kappa shape index (κ2) is 7.22. The Labute approximate surface area is 183 Å². The molecule has 0 amide bonds. The molecule has 0 spiro atoms. The van der Waals surface area contributed by atoms with Gasteiger partial charge in [0.2, 0.25) is 19.9 Å². The van der Waals surface area contributed by atoms with Gasteiger partial charge in [0, 0.05) is 23.8 Å². The van der Waals surface area contributed by atoms with Crippen molar-refractivity contribution in [3.05, 3.63) is 29.8 Å². The Morgan fingerprint density at radius 1 is 0.812 bits per heavy atom. The first-order chi connectivity index (χ1) is 15.6. The van der Waals surface area contributed by atoms with Crippen LogP contribution in [-0.2, 0) is 9.47 Å². The zero-order valence-electron chi connectivity index (χ0n) is 17.5. The summed E-state index contributed by atoms with van der Waals surface area (Å²) in [6.45, 7) is 0.533. The van der Waals surface area contributed by atoms with Crippen LogP contribution >= 0.6 is 0 Å². The van der Waals surface area contributed by atoms with Crippen LogP contribution in [-0.4, -0.2) is 58.0 Å². The number of benzene rings is 2. The van der Waals surface area contributed by atoms with Crippen LogP contribution in [0.15, 0.2) is 24.3 Å². The molecular weight excluding hydrogens is 424 g/mol. The largest absolute Gasteiger partial charge is 0.496 e. The maximum Gasteiger partial charge on any atom is 0.231 e. The van der Waals surface area contributed by atoms with Crippen LogP contribution in [0.3, 0.4) is 0 Å². The molecule has 0 bridgehead atoms. The summed E-state index contributed by atoms with van der Waals surface area (Å²) in [6, 6.07) is 6.93. The third-order valence-electron chi connectivity index (χ3n) is 6.26. The van der Waals surface area contributed by atoms with Crippen molar-refractivity contribution in [2.24, 2.45) is 5.92 Å². The molecule has 0 unspecified atom stereocenters. The molecule has 2 aromatic rings. The van der Waals surface area contributed by atoms with E-state index < -0.39 is 18.0 Å². The number of rotatable bonds is 5. The van der Waals surface area contributed by atoms with E-state index in [1.165, 1.54) is 7.11 Å². The highest BCUT2D eigenvalue weighted by atomic mass is 16.7. The van der Waals surface area contributed by atoms with E-state index >= 15 is 0 Å². The van der Waals surface area contributed by atoms with Crippen molar-refractivity contribution in [2.75, 3.05) is 41.0 Å². The molecular formula is C22H22O10. The minimum Gasteiger partial charge on any atom is -0.496 e. The van der Waals surface area contributed by atoms with E-state index in [-0.39, 0.29) is 32.7 Å². The average molecular weight is 446 g/mol. The SMILES string of the molecule is COc1cc2c(cc1O[C@@H]1OC[C@@H]3[C@@H](c4cc5c(cc4OC)OCO5)OC[C@]13O)OCO2. The van der Waals surface area contributed by atoms with Crippen LogP contribution in [0, 0.1) is 5.92 Å². The molecule has 32 heavy (non-hydrogen) atoms. The van der Waals surface area contributed by atoms with Gasteiger partial charge in [-0.25, -0.2) is 0 Å². The average Bonchev–Trinajstić information content (AvgIpc) is 3.57. The number of hydrogen-bond donors (Lipinski definition) is 1. The fraction of sp³-hybridized carbons (Fsp3) is 0.455. The van der Waals surface area contributed by atoms with Gasteiger partial charge in [-0.2, -0.15) is 0 Å². The molecule has 1 N–H and O–H groups in total. The summed E-state index contributed by atoms with van der Waals surface area (Å²) < 4.78 is 50.7. The molecule has 2 aromatic carbocycles. The summed E-state index contributed by atoms with van der Waals surface area (Å²) in [5, 5.41) is 11.5. The van der Waals surface area contributed by atoms with E-state index in [0.29, 0.717) is 40.2 Å². The summed E-state index contributed by atoms with van der Waals surface area (Å²) in [5.41, 5.74) is -0.629. The second-order valence-corrected chi connectivity index (χ2v) is 7.92. The van der Waals surface area contributed by atoms with Gasteiger partial charge in [0.05, 0.1) is 39.5 Å². The summed E-state index contributed by atoms with van der Waals surface area (Å²) in [7, 11) is 3.10. The summed E-state index contributed by atoms with van der Waals surface area (Å²) in [5.74, 6) is 3.34. The van der Waals surface area contributed by atoms with E-state index in [4.69, 9.17) is 42.6 Å². The molecule has 10 heteroatoms. The molecule has 4 heterocycles. The van der Waals surface area contributed by atoms with Crippen LogP contribution in [0.4, 0.5) is 0 Å². The maximum atomic E-state index is 11.5. The highest BCUT2D eigenvalue weighted by molar-refractivity contribution is 5.55. The molecule has 0 aromatic heterocycles. The van der Waals surface area contributed by atoms with Crippen LogP contribution in [0.5, 0.6) is 40.2 Å². The molecule has 4 atom stereocenters. The van der Waals surface area contributed by atoms with Gasteiger partial charge in [-0.1, -0.05) is 0 Å². The maximum absolute atomic E-state index is 11.5. The van der Waals surface area contributed by atoms with Gasteiger partial charge < -0.3 is 47.7 Å². The van der Waals surface area contributed by atoms with E-state index in [1.807, 2.05) is 6.07 Å². The Balaban J connectivity index is 1.28. The molecule has 0 saturated carbocycles. The van der Waals surface area contributed by atoms with Gasteiger partial charge >= 0.3 is 0 Å². The summed E-state index contributed by atoms with van der Waals surface area (Å²) in [4.78, 5) is 0. The molecule has 10 nitrogen and oxygen atoms in total. The first-order valence-corrected chi connectivity index (χ1v) is 10.2. The minimum atomic E-state index is -1.38. The number of methoxy groups -OCH3 is 2. The predicted octanol–water partition coefficient (Wildman–Crippen LogP) is 2.02. The smallest absolute Gasteiger partial charge is 0.231 e. The number of hydrogen-bond acceptors (Lipinski definition) is 10. The molecule has 0 radical (unpaired) electrons. The Kier molecular flexibility index (Phi) is 4.42. The highest BCUT2D eigenvalue weighted by Crippen LogP contribution is 2.52. The Hall–Kier alpha value is -3.08. The van der Waals surface area contributed by atoms with Crippen molar-refractivity contribution in [1.29, 1.82) is 0 Å².